The zero-order valence-electron chi connectivity index (χ0n) is 13.2. The molecule has 1 amide bonds. The standard InChI is InChI=1S/C18H21N3O/c1-14(12-18(2,3)16-9-5-4-6-10-16)20-21-17(22)15-8-7-11-19-13-15/h4-11,13H,12H2,1-3H3,(H,21,22)/b20-14-. The lowest BCUT2D eigenvalue weighted by Crippen LogP contribution is -2.24. The summed E-state index contributed by atoms with van der Waals surface area (Å²) in [6, 6.07) is 13.7. The number of hydrogen-bond donors (Lipinski definition) is 1. The van der Waals surface area contributed by atoms with Crippen LogP contribution in [0.5, 0.6) is 0 Å². The highest BCUT2D eigenvalue weighted by Crippen LogP contribution is 2.27. The molecule has 0 unspecified atom stereocenters. The van der Waals surface area contributed by atoms with Gasteiger partial charge in [0.2, 0.25) is 0 Å². The summed E-state index contributed by atoms with van der Waals surface area (Å²) < 4.78 is 0. The van der Waals surface area contributed by atoms with Crippen molar-refractivity contribution in [3.63, 3.8) is 0 Å². The third-order valence-corrected chi connectivity index (χ3v) is 3.53. The van der Waals surface area contributed by atoms with Gasteiger partial charge in [-0.1, -0.05) is 44.2 Å². The maximum Gasteiger partial charge on any atom is 0.272 e. The molecular weight excluding hydrogens is 274 g/mol. The molecule has 0 atom stereocenters. The topological polar surface area (TPSA) is 54.4 Å². The van der Waals surface area contributed by atoms with Crippen LogP contribution in [0.15, 0.2) is 60.0 Å². The molecule has 1 aromatic carbocycles. The maximum absolute atomic E-state index is 11.9. The first-order valence-electron chi connectivity index (χ1n) is 7.28. The molecule has 1 N–H and O–H groups in total. The number of benzene rings is 1. The molecule has 0 spiro atoms. The van der Waals surface area contributed by atoms with E-state index in [-0.39, 0.29) is 11.3 Å². The molecule has 0 bridgehead atoms. The van der Waals surface area contributed by atoms with Crippen LogP contribution in [-0.2, 0) is 5.41 Å². The van der Waals surface area contributed by atoms with Gasteiger partial charge in [-0.15, -0.1) is 0 Å². The van der Waals surface area contributed by atoms with Gasteiger partial charge in [0.05, 0.1) is 5.56 Å². The van der Waals surface area contributed by atoms with Gasteiger partial charge in [-0.25, -0.2) is 5.43 Å². The van der Waals surface area contributed by atoms with E-state index in [0.29, 0.717) is 5.56 Å². The Morgan fingerprint density at radius 3 is 2.55 bits per heavy atom. The van der Waals surface area contributed by atoms with Crippen molar-refractivity contribution in [2.45, 2.75) is 32.6 Å². The first kappa shape index (κ1) is 15.9. The summed E-state index contributed by atoms with van der Waals surface area (Å²) in [5, 5.41) is 4.20. The fourth-order valence-electron chi connectivity index (χ4n) is 2.38. The van der Waals surface area contributed by atoms with E-state index in [1.165, 1.54) is 11.8 Å². The second-order valence-corrected chi connectivity index (χ2v) is 5.96. The summed E-state index contributed by atoms with van der Waals surface area (Å²) in [7, 11) is 0. The lowest BCUT2D eigenvalue weighted by molar-refractivity contribution is 0.0954. The average molecular weight is 295 g/mol. The van der Waals surface area contributed by atoms with Gasteiger partial charge in [0.25, 0.3) is 5.91 Å². The largest absolute Gasteiger partial charge is 0.272 e. The van der Waals surface area contributed by atoms with Gasteiger partial charge in [0, 0.05) is 18.1 Å². The van der Waals surface area contributed by atoms with Gasteiger partial charge in [0.15, 0.2) is 0 Å². The fourth-order valence-corrected chi connectivity index (χ4v) is 2.38. The molecule has 2 rings (SSSR count). The van der Waals surface area contributed by atoms with Crippen molar-refractivity contribution in [3.05, 3.63) is 66.0 Å². The van der Waals surface area contributed by atoms with Crippen molar-refractivity contribution in [3.8, 4) is 0 Å². The number of hydrogen-bond acceptors (Lipinski definition) is 3. The third kappa shape index (κ3) is 4.25. The number of hydrazone groups is 1. The number of carbonyl (C=O) groups is 1. The third-order valence-electron chi connectivity index (χ3n) is 3.53. The lowest BCUT2D eigenvalue weighted by atomic mass is 9.80. The molecule has 4 heteroatoms. The van der Waals surface area contributed by atoms with E-state index in [1.807, 2.05) is 25.1 Å². The Morgan fingerprint density at radius 1 is 1.18 bits per heavy atom. The molecule has 0 radical (unpaired) electrons. The molecule has 4 nitrogen and oxygen atoms in total. The van der Waals surface area contributed by atoms with Crippen LogP contribution in [0.2, 0.25) is 0 Å². The summed E-state index contributed by atoms with van der Waals surface area (Å²) in [5.74, 6) is -0.245. The smallest absolute Gasteiger partial charge is 0.267 e. The van der Waals surface area contributed by atoms with E-state index in [1.54, 1.807) is 18.3 Å². The Labute approximate surface area is 131 Å². The maximum atomic E-state index is 11.9. The second-order valence-electron chi connectivity index (χ2n) is 5.96. The van der Waals surface area contributed by atoms with E-state index in [4.69, 9.17) is 0 Å². The van der Waals surface area contributed by atoms with Crippen LogP contribution in [0.25, 0.3) is 0 Å². The van der Waals surface area contributed by atoms with Crippen LogP contribution in [0, 0.1) is 0 Å². The molecule has 1 heterocycles. The Morgan fingerprint density at radius 2 is 1.91 bits per heavy atom. The summed E-state index contributed by atoms with van der Waals surface area (Å²) in [5.41, 5.74) is 5.18. The number of amides is 1. The normalized spacial score (nSPS) is 12.0. The Hall–Kier alpha value is -2.49. The highest BCUT2D eigenvalue weighted by molar-refractivity contribution is 5.95. The molecule has 0 saturated carbocycles. The fraction of sp³-hybridized carbons (Fsp3) is 0.278. The molecule has 0 fully saturated rings. The zero-order chi connectivity index (χ0) is 16.0. The molecule has 0 aliphatic carbocycles. The van der Waals surface area contributed by atoms with Crippen molar-refractivity contribution in [2.75, 3.05) is 0 Å². The number of aromatic nitrogens is 1. The first-order valence-corrected chi connectivity index (χ1v) is 7.28. The predicted octanol–water partition coefficient (Wildman–Crippen LogP) is 3.56. The van der Waals surface area contributed by atoms with E-state index in [2.05, 4.69) is 41.5 Å². The quantitative estimate of drug-likeness (QED) is 0.677. The van der Waals surface area contributed by atoms with E-state index < -0.39 is 0 Å². The molecule has 114 valence electrons. The molecule has 0 aliphatic heterocycles. The molecule has 0 aliphatic rings. The van der Waals surface area contributed by atoms with Crippen molar-refractivity contribution in [2.24, 2.45) is 5.10 Å². The van der Waals surface area contributed by atoms with E-state index >= 15 is 0 Å². The van der Waals surface area contributed by atoms with Gasteiger partial charge >= 0.3 is 0 Å². The van der Waals surface area contributed by atoms with Crippen molar-refractivity contribution in [1.82, 2.24) is 10.4 Å². The molecular formula is C18H21N3O. The molecule has 22 heavy (non-hydrogen) atoms. The summed E-state index contributed by atoms with van der Waals surface area (Å²) in [4.78, 5) is 15.8. The minimum Gasteiger partial charge on any atom is -0.267 e. The van der Waals surface area contributed by atoms with Crippen LogP contribution < -0.4 is 5.43 Å². The van der Waals surface area contributed by atoms with Crippen molar-refractivity contribution >= 4 is 11.6 Å². The van der Waals surface area contributed by atoms with Crippen LogP contribution in [0.1, 0.15) is 43.1 Å². The van der Waals surface area contributed by atoms with Gasteiger partial charge in [0.1, 0.15) is 0 Å². The number of rotatable bonds is 5. The van der Waals surface area contributed by atoms with E-state index in [9.17, 15) is 4.79 Å². The van der Waals surface area contributed by atoms with Crippen LogP contribution >= 0.6 is 0 Å². The van der Waals surface area contributed by atoms with Gasteiger partial charge in [-0.05, 0) is 36.5 Å². The predicted molar refractivity (Wildman–Crippen MR) is 88.9 cm³/mol. The summed E-state index contributed by atoms with van der Waals surface area (Å²) in [6.45, 7) is 6.27. The van der Waals surface area contributed by atoms with Crippen molar-refractivity contribution in [1.29, 1.82) is 0 Å². The molecule has 2 aromatic rings. The van der Waals surface area contributed by atoms with Crippen LogP contribution in [-0.4, -0.2) is 16.6 Å². The van der Waals surface area contributed by atoms with Crippen LogP contribution in [0.4, 0.5) is 0 Å². The van der Waals surface area contributed by atoms with E-state index in [0.717, 1.165) is 12.1 Å². The Balaban J connectivity index is 2.00. The van der Waals surface area contributed by atoms with Crippen LogP contribution in [0.3, 0.4) is 0 Å². The highest BCUT2D eigenvalue weighted by Gasteiger charge is 2.21. The minimum atomic E-state index is -0.245. The summed E-state index contributed by atoms with van der Waals surface area (Å²) in [6.07, 6.45) is 3.92. The number of pyridine rings is 1. The number of nitrogens with zero attached hydrogens (tertiary/aromatic N) is 2. The number of nitrogens with one attached hydrogen (secondary N) is 1. The second kappa shape index (κ2) is 6.98. The number of carbonyl (C=O) groups excluding carboxylic acids is 1. The lowest BCUT2D eigenvalue weighted by Gasteiger charge is -2.25. The average Bonchev–Trinajstić information content (AvgIpc) is 2.54. The Kier molecular flexibility index (Phi) is 5.04. The van der Waals surface area contributed by atoms with Gasteiger partial charge < -0.3 is 0 Å². The first-order chi connectivity index (χ1) is 10.5. The van der Waals surface area contributed by atoms with Gasteiger partial charge in [-0.2, -0.15) is 5.10 Å². The van der Waals surface area contributed by atoms with Gasteiger partial charge in [-0.3, -0.25) is 9.78 Å². The zero-order valence-corrected chi connectivity index (χ0v) is 13.2. The highest BCUT2D eigenvalue weighted by atomic mass is 16.2. The molecule has 1 aromatic heterocycles. The minimum absolute atomic E-state index is 0.0339. The monoisotopic (exact) mass is 295 g/mol. The Bertz CT molecular complexity index is 649. The summed E-state index contributed by atoms with van der Waals surface area (Å²) >= 11 is 0. The van der Waals surface area contributed by atoms with Crippen molar-refractivity contribution < 1.29 is 4.79 Å². The molecule has 0 saturated heterocycles. The SMILES string of the molecule is C/C(CC(C)(C)c1ccccc1)=N/NC(=O)c1cccnc1.